The van der Waals surface area contributed by atoms with E-state index in [9.17, 15) is 14.4 Å². The fourth-order valence-corrected chi connectivity index (χ4v) is 3.54. The lowest BCUT2D eigenvalue weighted by Crippen LogP contribution is -2.34. The van der Waals surface area contributed by atoms with Crippen molar-refractivity contribution in [2.75, 3.05) is 12.3 Å². The van der Waals surface area contributed by atoms with Crippen LogP contribution in [-0.2, 0) is 19.1 Å². The van der Waals surface area contributed by atoms with Crippen LogP contribution in [0.3, 0.4) is 0 Å². The Balaban J connectivity index is 1.94. The average Bonchev–Trinajstić information content (AvgIpc) is 3.20. The van der Waals surface area contributed by atoms with Gasteiger partial charge >= 0.3 is 11.9 Å². The second-order valence-corrected chi connectivity index (χ2v) is 10.3. The molecule has 0 aromatic carbocycles. The first-order chi connectivity index (χ1) is 14.7. The van der Waals surface area contributed by atoms with Crippen molar-refractivity contribution in [1.82, 2.24) is 19.5 Å². The number of nitrogen functional groups attached to an aromatic ring is 1. The molecule has 1 aliphatic rings. The number of esters is 2. The number of fused-ring (bicyclic) bond motifs is 1. The highest BCUT2D eigenvalue weighted by molar-refractivity contribution is 5.76. The molecule has 1 aliphatic carbocycles. The Hall–Kier alpha value is -3.17. The van der Waals surface area contributed by atoms with E-state index in [-0.39, 0.29) is 42.0 Å². The van der Waals surface area contributed by atoms with Crippen molar-refractivity contribution in [1.29, 1.82) is 0 Å². The molecule has 0 aliphatic heterocycles. The molecule has 3 rings (SSSR count). The van der Waals surface area contributed by atoms with Crippen LogP contribution in [0.2, 0.25) is 0 Å². The Morgan fingerprint density at radius 3 is 2.44 bits per heavy atom. The number of imidazole rings is 1. The minimum Gasteiger partial charge on any atom is -0.465 e. The number of ether oxygens (including phenoxy) is 2. The van der Waals surface area contributed by atoms with E-state index in [1.165, 1.54) is 6.33 Å². The van der Waals surface area contributed by atoms with Crippen LogP contribution in [0.25, 0.3) is 11.2 Å². The molecular weight excluding hydrogens is 414 g/mol. The fraction of sp³-hybridized carbons (Fsp3) is 0.591. The summed E-state index contributed by atoms with van der Waals surface area (Å²) >= 11 is 0. The Labute approximate surface area is 186 Å². The van der Waals surface area contributed by atoms with Gasteiger partial charge in [-0.1, -0.05) is 6.58 Å². The first-order valence-corrected chi connectivity index (χ1v) is 10.5. The number of rotatable bonds is 4. The van der Waals surface area contributed by atoms with Gasteiger partial charge in [0.15, 0.2) is 11.2 Å². The molecule has 0 saturated heterocycles. The number of aromatic amines is 1. The minimum absolute atomic E-state index is 0.0285. The first kappa shape index (κ1) is 23.5. The monoisotopic (exact) mass is 445 g/mol. The number of carbonyl (C=O) groups excluding carboxylic acids is 2. The lowest BCUT2D eigenvalue weighted by atomic mass is 9.96. The summed E-state index contributed by atoms with van der Waals surface area (Å²) in [5, 5.41) is 0. The highest BCUT2D eigenvalue weighted by Crippen LogP contribution is 2.42. The van der Waals surface area contributed by atoms with Crippen LogP contribution in [-0.4, -0.2) is 44.2 Å². The van der Waals surface area contributed by atoms with Gasteiger partial charge in [0.1, 0.15) is 6.10 Å². The van der Waals surface area contributed by atoms with Gasteiger partial charge in [0.05, 0.1) is 29.8 Å². The van der Waals surface area contributed by atoms with Crippen molar-refractivity contribution in [2.24, 2.45) is 16.7 Å². The topological polar surface area (TPSA) is 142 Å². The molecule has 1 fully saturated rings. The summed E-state index contributed by atoms with van der Waals surface area (Å²) in [6.45, 7) is 14.9. The van der Waals surface area contributed by atoms with Gasteiger partial charge in [0.25, 0.3) is 5.56 Å². The van der Waals surface area contributed by atoms with Crippen LogP contribution < -0.4 is 11.3 Å². The maximum absolute atomic E-state index is 12.6. The smallest absolute Gasteiger partial charge is 0.311 e. The zero-order chi connectivity index (χ0) is 24.0. The van der Waals surface area contributed by atoms with Crippen LogP contribution in [0.15, 0.2) is 23.3 Å². The maximum atomic E-state index is 12.6. The summed E-state index contributed by atoms with van der Waals surface area (Å²) < 4.78 is 13.1. The second-order valence-electron chi connectivity index (χ2n) is 10.3. The predicted octanol–water partition coefficient (Wildman–Crippen LogP) is 2.37. The molecule has 32 heavy (non-hydrogen) atoms. The molecule has 2 aromatic heterocycles. The summed E-state index contributed by atoms with van der Waals surface area (Å²) in [6.07, 6.45) is 1.28. The van der Waals surface area contributed by atoms with Crippen LogP contribution in [0.4, 0.5) is 5.95 Å². The van der Waals surface area contributed by atoms with Crippen molar-refractivity contribution >= 4 is 29.1 Å². The predicted molar refractivity (Wildman–Crippen MR) is 119 cm³/mol. The van der Waals surface area contributed by atoms with Crippen molar-refractivity contribution in [2.45, 2.75) is 60.1 Å². The molecule has 3 N–H and O–H groups in total. The van der Waals surface area contributed by atoms with E-state index in [1.54, 1.807) is 46.1 Å². The quantitative estimate of drug-likeness (QED) is 0.539. The van der Waals surface area contributed by atoms with E-state index < -0.39 is 22.5 Å². The van der Waals surface area contributed by atoms with E-state index in [0.29, 0.717) is 17.6 Å². The third-order valence-corrected chi connectivity index (χ3v) is 5.42. The van der Waals surface area contributed by atoms with Gasteiger partial charge in [-0.25, -0.2) is 4.98 Å². The molecule has 1 saturated carbocycles. The normalized spacial score (nSPS) is 21.7. The van der Waals surface area contributed by atoms with E-state index in [0.717, 1.165) is 0 Å². The highest BCUT2D eigenvalue weighted by atomic mass is 16.6. The zero-order valence-corrected chi connectivity index (χ0v) is 19.4. The van der Waals surface area contributed by atoms with Gasteiger partial charge in [-0.15, -0.1) is 0 Å². The van der Waals surface area contributed by atoms with E-state index in [1.807, 2.05) is 0 Å². The number of carbonyl (C=O) groups is 2. The Bertz CT molecular complexity index is 1120. The molecule has 2 heterocycles. The van der Waals surface area contributed by atoms with Gasteiger partial charge in [-0.05, 0) is 53.5 Å². The van der Waals surface area contributed by atoms with Gasteiger partial charge < -0.3 is 19.8 Å². The van der Waals surface area contributed by atoms with Gasteiger partial charge in [-0.2, -0.15) is 4.98 Å². The molecule has 10 nitrogen and oxygen atoms in total. The summed E-state index contributed by atoms with van der Waals surface area (Å²) in [5.74, 6) is -1.08. The lowest BCUT2D eigenvalue weighted by molar-refractivity contribution is -0.162. The molecule has 0 amide bonds. The van der Waals surface area contributed by atoms with Crippen LogP contribution >= 0.6 is 0 Å². The molecule has 0 unspecified atom stereocenters. The number of nitrogens with one attached hydrogen (secondary N) is 1. The van der Waals surface area contributed by atoms with E-state index in [4.69, 9.17) is 15.2 Å². The number of hydrogen-bond donors (Lipinski definition) is 2. The van der Waals surface area contributed by atoms with Crippen molar-refractivity contribution in [3.8, 4) is 0 Å². The Kier molecular flexibility index (Phi) is 5.92. The molecule has 3 atom stereocenters. The van der Waals surface area contributed by atoms with Gasteiger partial charge in [0.2, 0.25) is 5.95 Å². The Morgan fingerprint density at radius 1 is 1.22 bits per heavy atom. The summed E-state index contributed by atoms with van der Waals surface area (Å²) in [6, 6.07) is -0.371. The van der Waals surface area contributed by atoms with Gasteiger partial charge in [-0.3, -0.25) is 19.4 Å². The third-order valence-electron chi connectivity index (χ3n) is 5.42. The maximum Gasteiger partial charge on any atom is 0.311 e. The third kappa shape index (κ3) is 4.53. The summed E-state index contributed by atoms with van der Waals surface area (Å²) in [5.41, 5.74) is 4.98. The standard InChI is InChI=1S/C22H31N5O5/c1-11-13(27-10-24-14-16(27)25-20(23)26-17(14)28)8-12(9-31-18(29)21(2,3)4)15(11)32-19(30)22(5,6)7/h10,12-13,15H,1,8-9H2,2-7H3,(H3,23,25,26,28)/t12-,13+,15-/m1/s1. The number of aromatic nitrogens is 4. The number of H-pyrrole nitrogens is 1. The van der Waals surface area contributed by atoms with Crippen molar-refractivity contribution in [3.63, 3.8) is 0 Å². The number of anilines is 1. The van der Waals surface area contributed by atoms with Crippen LogP contribution in [0.5, 0.6) is 0 Å². The van der Waals surface area contributed by atoms with Crippen LogP contribution in [0, 0.1) is 16.7 Å². The molecule has 2 aromatic rings. The van der Waals surface area contributed by atoms with E-state index in [2.05, 4.69) is 21.5 Å². The van der Waals surface area contributed by atoms with Crippen LogP contribution in [0.1, 0.15) is 54.0 Å². The molecule has 0 spiro atoms. The largest absolute Gasteiger partial charge is 0.465 e. The SMILES string of the molecule is C=C1[C@@H](OC(=O)C(C)(C)C)[C@@H](COC(=O)C(C)(C)C)C[C@@H]1n1cnc2c(=O)[nH]c(N)nc21. The number of nitrogens with zero attached hydrogens (tertiary/aromatic N) is 3. The highest BCUT2D eigenvalue weighted by Gasteiger charge is 2.44. The molecule has 0 radical (unpaired) electrons. The average molecular weight is 446 g/mol. The van der Waals surface area contributed by atoms with Gasteiger partial charge in [0, 0.05) is 5.92 Å². The summed E-state index contributed by atoms with van der Waals surface area (Å²) in [4.78, 5) is 47.9. The summed E-state index contributed by atoms with van der Waals surface area (Å²) in [7, 11) is 0. The van der Waals surface area contributed by atoms with Crippen molar-refractivity contribution in [3.05, 3.63) is 28.8 Å². The lowest BCUT2D eigenvalue weighted by Gasteiger charge is -2.26. The minimum atomic E-state index is -0.712. The number of hydrogen-bond acceptors (Lipinski definition) is 8. The number of nitrogens with two attached hydrogens (primary N) is 1. The molecule has 10 heteroatoms. The molecular formula is C22H31N5O5. The fourth-order valence-electron chi connectivity index (χ4n) is 3.54. The zero-order valence-electron chi connectivity index (χ0n) is 19.4. The molecule has 0 bridgehead atoms. The molecule has 174 valence electrons. The first-order valence-electron chi connectivity index (χ1n) is 10.5. The van der Waals surface area contributed by atoms with E-state index >= 15 is 0 Å². The Morgan fingerprint density at radius 2 is 1.84 bits per heavy atom. The van der Waals surface area contributed by atoms with Crippen molar-refractivity contribution < 1.29 is 19.1 Å². The second kappa shape index (κ2) is 8.07.